The van der Waals surface area contributed by atoms with Gasteiger partial charge in [-0.05, 0) is 52.2 Å². The van der Waals surface area contributed by atoms with Crippen molar-refractivity contribution in [3.8, 4) is 0 Å². The Bertz CT molecular complexity index is 194. The van der Waals surface area contributed by atoms with Crippen LogP contribution in [0.15, 0.2) is 0 Å². The number of piperidine rings is 1. The molecule has 0 amide bonds. The molecule has 3 nitrogen and oxygen atoms in total. The summed E-state index contributed by atoms with van der Waals surface area (Å²) >= 11 is 0. The summed E-state index contributed by atoms with van der Waals surface area (Å²) in [4.78, 5) is 2.61. The third kappa shape index (κ3) is 2.92. The maximum Gasteiger partial charge on any atom is 0.0507 e. The van der Waals surface area contributed by atoms with Crippen LogP contribution >= 0.6 is 0 Å². The Hall–Kier alpha value is -0.120. The lowest BCUT2D eigenvalue weighted by molar-refractivity contribution is 0.124. The fourth-order valence-corrected chi connectivity index (χ4v) is 2.57. The average molecular weight is 212 g/mol. The Labute approximate surface area is 93.2 Å². The summed E-state index contributed by atoms with van der Waals surface area (Å²) in [6.45, 7) is 8.04. The van der Waals surface area contributed by atoms with E-state index in [1.165, 1.54) is 38.9 Å². The fourth-order valence-electron chi connectivity index (χ4n) is 2.57. The predicted octanol–water partition coefficient (Wildman–Crippen LogP) is 1.10. The molecule has 0 aromatic carbocycles. The van der Waals surface area contributed by atoms with E-state index in [9.17, 15) is 0 Å². The molecule has 0 saturated carbocycles. The third-order valence-electron chi connectivity index (χ3n) is 4.10. The molecule has 1 atom stereocenters. The zero-order valence-corrected chi connectivity index (χ0v) is 10.1. The van der Waals surface area contributed by atoms with Gasteiger partial charge in [0.2, 0.25) is 0 Å². The maximum absolute atomic E-state index is 5.42. The Morgan fingerprint density at radius 2 is 2.13 bits per heavy atom. The van der Waals surface area contributed by atoms with Gasteiger partial charge in [0.05, 0.1) is 6.61 Å². The van der Waals surface area contributed by atoms with Gasteiger partial charge >= 0.3 is 0 Å². The zero-order chi connectivity index (χ0) is 10.7. The molecule has 3 heteroatoms. The van der Waals surface area contributed by atoms with Crippen LogP contribution in [0.5, 0.6) is 0 Å². The summed E-state index contributed by atoms with van der Waals surface area (Å²) in [5.41, 5.74) is 0.378. The molecule has 2 fully saturated rings. The number of rotatable bonds is 3. The number of hydrogen-bond donors (Lipinski definition) is 1. The van der Waals surface area contributed by atoms with Crippen LogP contribution in [0.1, 0.15) is 26.2 Å². The summed E-state index contributed by atoms with van der Waals surface area (Å²) in [6.07, 6.45) is 3.81. The van der Waals surface area contributed by atoms with Crippen LogP contribution in [0.25, 0.3) is 0 Å². The van der Waals surface area contributed by atoms with Crippen molar-refractivity contribution >= 4 is 0 Å². The molecule has 0 radical (unpaired) electrons. The molecule has 0 spiro atoms. The molecule has 2 rings (SSSR count). The molecular formula is C12H24N2O. The van der Waals surface area contributed by atoms with E-state index in [-0.39, 0.29) is 0 Å². The largest absolute Gasteiger partial charge is 0.381 e. The predicted molar refractivity (Wildman–Crippen MR) is 62.1 cm³/mol. The fraction of sp³-hybridized carbons (Fsp3) is 1.00. The summed E-state index contributed by atoms with van der Waals surface area (Å²) in [7, 11) is 2.08. The van der Waals surface area contributed by atoms with Crippen LogP contribution in [0.2, 0.25) is 0 Å². The van der Waals surface area contributed by atoms with Crippen LogP contribution in [0.3, 0.4) is 0 Å². The highest BCUT2D eigenvalue weighted by Gasteiger charge is 2.29. The molecule has 2 heterocycles. The molecule has 0 bridgehead atoms. The van der Waals surface area contributed by atoms with E-state index in [0.29, 0.717) is 5.54 Å². The molecule has 0 aliphatic carbocycles. The first-order valence-electron chi connectivity index (χ1n) is 6.21. The minimum atomic E-state index is 0.378. The van der Waals surface area contributed by atoms with Crippen molar-refractivity contribution in [2.75, 3.05) is 39.9 Å². The summed E-state index contributed by atoms with van der Waals surface area (Å²) in [5.74, 6) is 0.795. The van der Waals surface area contributed by atoms with Crippen molar-refractivity contribution in [1.82, 2.24) is 10.2 Å². The highest BCUT2D eigenvalue weighted by molar-refractivity contribution is 4.88. The smallest absolute Gasteiger partial charge is 0.0507 e. The Kier molecular flexibility index (Phi) is 3.65. The average Bonchev–Trinajstić information content (AvgIpc) is 2.75. The van der Waals surface area contributed by atoms with Gasteiger partial charge in [0.15, 0.2) is 0 Å². The number of ether oxygens (including phenoxy) is 1. The highest BCUT2D eigenvalue weighted by Crippen LogP contribution is 2.23. The van der Waals surface area contributed by atoms with Gasteiger partial charge in [-0.25, -0.2) is 0 Å². The van der Waals surface area contributed by atoms with Gasteiger partial charge in [0.1, 0.15) is 0 Å². The lowest BCUT2D eigenvalue weighted by atomic mass is 9.89. The Balaban J connectivity index is 1.73. The van der Waals surface area contributed by atoms with E-state index in [2.05, 4.69) is 24.2 Å². The first-order chi connectivity index (χ1) is 7.22. The Morgan fingerprint density at radius 1 is 1.40 bits per heavy atom. The summed E-state index contributed by atoms with van der Waals surface area (Å²) < 4.78 is 5.42. The lowest BCUT2D eigenvalue weighted by Gasteiger charge is -2.40. The van der Waals surface area contributed by atoms with Gasteiger partial charge < -0.3 is 15.0 Å². The van der Waals surface area contributed by atoms with Crippen molar-refractivity contribution in [2.24, 2.45) is 5.92 Å². The second-order valence-electron chi connectivity index (χ2n) is 5.34. The first kappa shape index (κ1) is 11.4. The van der Waals surface area contributed by atoms with E-state index in [1.807, 2.05) is 0 Å². The number of hydrogen-bond acceptors (Lipinski definition) is 3. The quantitative estimate of drug-likeness (QED) is 0.758. The Morgan fingerprint density at radius 3 is 2.67 bits per heavy atom. The second kappa shape index (κ2) is 4.81. The van der Waals surface area contributed by atoms with Crippen molar-refractivity contribution in [1.29, 1.82) is 0 Å². The third-order valence-corrected chi connectivity index (χ3v) is 4.10. The van der Waals surface area contributed by atoms with Gasteiger partial charge in [-0.2, -0.15) is 0 Å². The molecule has 15 heavy (non-hydrogen) atoms. The van der Waals surface area contributed by atoms with Crippen molar-refractivity contribution in [3.05, 3.63) is 0 Å². The van der Waals surface area contributed by atoms with E-state index >= 15 is 0 Å². The minimum Gasteiger partial charge on any atom is -0.381 e. The van der Waals surface area contributed by atoms with Crippen LogP contribution in [0, 0.1) is 5.92 Å². The van der Waals surface area contributed by atoms with Crippen molar-refractivity contribution in [2.45, 2.75) is 31.7 Å². The lowest BCUT2D eigenvalue weighted by Crippen LogP contribution is -2.50. The minimum absolute atomic E-state index is 0.378. The van der Waals surface area contributed by atoms with Crippen LogP contribution in [0.4, 0.5) is 0 Å². The summed E-state index contributed by atoms with van der Waals surface area (Å²) in [6, 6.07) is 0. The van der Waals surface area contributed by atoms with Gasteiger partial charge in [-0.3, -0.25) is 0 Å². The molecule has 0 aromatic rings. The molecule has 2 aliphatic heterocycles. The van der Waals surface area contributed by atoms with Crippen LogP contribution in [-0.2, 0) is 4.74 Å². The van der Waals surface area contributed by atoms with Crippen molar-refractivity contribution < 1.29 is 4.74 Å². The van der Waals surface area contributed by atoms with E-state index in [4.69, 9.17) is 4.74 Å². The maximum atomic E-state index is 5.42. The van der Waals surface area contributed by atoms with E-state index in [1.54, 1.807) is 0 Å². The normalized spacial score (nSPS) is 32.0. The topological polar surface area (TPSA) is 24.5 Å². The van der Waals surface area contributed by atoms with Crippen molar-refractivity contribution in [3.63, 3.8) is 0 Å². The standard InChI is InChI=1S/C12H24N2O/c1-12(13-2)4-6-14(7-5-12)9-11-3-8-15-10-11/h11,13H,3-10H2,1-2H3. The van der Waals surface area contributed by atoms with E-state index in [0.717, 1.165) is 19.1 Å². The molecule has 1 unspecified atom stereocenters. The molecule has 0 aromatic heterocycles. The SMILES string of the molecule is CNC1(C)CCN(CC2CCOC2)CC1. The molecule has 2 saturated heterocycles. The highest BCUT2D eigenvalue weighted by atomic mass is 16.5. The zero-order valence-electron chi connectivity index (χ0n) is 10.1. The van der Waals surface area contributed by atoms with Gasteiger partial charge in [-0.1, -0.05) is 0 Å². The monoisotopic (exact) mass is 212 g/mol. The van der Waals surface area contributed by atoms with Gasteiger partial charge in [0, 0.05) is 18.7 Å². The molecule has 88 valence electrons. The molecule has 1 N–H and O–H groups in total. The van der Waals surface area contributed by atoms with Crippen LogP contribution < -0.4 is 5.32 Å². The second-order valence-corrected chi connectivity index (χ2v) is 5.34. The van der Waals surface area contributed by atoms with Gasteiger partial charge in [-0.15, -0.1) is 0 Å². The van der Waals surface area contributed by atoms with Crippen LogP contribution in [-0.4, -0.2) is 50.3 Å². The number of nitrogens with one attached hydrogen (secondary N) is 1. The first-order valence-corrected chi connectivity index (χ1v) is 6.21. The number of nitrogens with zero attached hydrogens (tertiary/aromatic N) is 1. The van der Waals surface area contributed by atoms with E-state index < -0.39 is 0 Å². The number of likely N-dealkylation sites (tertiary alicyclic amines) is 1. The molecule has 2 aliphatic rings. The summed E-state index contributed by atoms with van der Waals surface area (Å²) in [5, 5.41) is 3.44. The molecular weight excluding hydrogens is 188 g/mol. The van der Waals surface area contributed by atoms with Gasteiger partial charge in [0.25, 0.3) is 0 Å².